The van der Waals surface area contributed by atoms with E-state index in [4.69, 9.17) is 14.2 Å². The molecule has 3 heterocycles. The van der Waals surface area contributed by atoms with E-state index >= 15 is 0 Å². The molecule has 0 spiro atoms. The zero-order valence-electron chi connectivity index (χ0n) is 23.9. The predicted molar refractivity (Wildman–Crippen MR) is 163 cm³/mol. The molecule has 216 valence electrons. The Balaban J connectivity index is 1.35. The maximum atomic E-state index is 11.4. The van der Waals surface area contributed by atoms with Crippen LogP contribution in [0.4, 0.5) is 0 Å². The maximum Gasteiger partial charge on any atom is 0.163 e. The number of hydrogen-bond acceptors (Lipinski definition) is 8. The first-order valence-electron chi connectivity index (χ1n) is 13.9. The highest BCUT2D eigenvalue weighted by molar-refractivity contribution is 5.85. The Bertz CT molecular complexity index is 1730. The van der Waals surface area contributed by atoms with Crippen molar-refractivity contribution in [2.45, 2.75) is 18.2 Å². The van der Waals surface area contributed by atoms with Gasteiger partial charge in [0.1, 0.15) is 34.6 Å². The van der Waals surface area contributed by atoms with Crippen LogP contribution in [0.25, 0.3) is 22.6 Å². The van der Waals surface area contributed by atoms with Gasteiger partial charge in [-0.05, 0) is 53.1 Å². The Morgan fingerprint density at radius 3 is 1.95 bits per heavy atom. The number of nitrogens with zero attached hydrogens (tertiary/aromatic N) is 5. The minimum absolute atomic E-state index is 0.0187. The molecular weight excluding hydrogens is 542 g/mol. The van der Waals surface area contributed by atoms with E-state index in [2.05, 4.69) is 19.9 Å². The molecule has 9 heteroatoms. The summed E-state index contributed by atoms with van der Waals surface area (Å²) in [5.41, 5.74) is 4.21. The van der Waals surface area contributed by atoms with Crippen LogP contribution < -0.4 is 9.47 Å². The Morgan fingerprint density at radius 1 is 0.721 bits per heavy atom. The summed E-state index contributed by atoms with van der Waals surface area (Å²) in [6.07, 6.45) is 3.98. The van der Waals surface area contributed by atoms with Crippen LogP contribution in [0.5, 0.6) is 11.5 Å². The molecular formula is C34H31N5O4. The van der Waals surface area contributed by atoms with E-state index in [1.54, 1.807) is 26.7 Å². The third kappa shape index (κ3) is 5.55. The minimum atomic E-state index is -1.04. The number of aliphatic hydroxyl groups is 1. The van der Waals surface area contributed by atoms with Crippen molar-refractivity contribution in [3.63, 3.8) is 0 Å². The van der Waals surface area contributed by atoms with E-state index in [-0.39, 0.29) is 13.2 Å². The lowest BCUT2D eigenvalue weighted by Crippen LogP contribution is -2.36. The lowest BCUT2D eigenvalue weighted by molar-refractivity contribution is -0.0421. The van der Waals surface area contributed by atoms with Crippen molar-refractivity contribution in [3.8, 4) is 22.9 Å². The third-order valence-electron chi connectivity index (χ3n) is 7.38. The van der Waals surface area contributed by atoms with Crippen molar-refractivity contribution in [2.24, 2.45) is 0 Å². The second-order valence-electron chi connectivity index (χ2n) is 9.98. The van der Waals surface area contributed by atoms with Gasteiger partial charge in [-0.15, -0.1) is 0 Å². The van der Waals surface area contributed by atoms with E-state index < -0.39 is 11.7 Å². The maximum absolute atomic E-state index is 11.4. The molecule has 3 aromatic heterocycles. The summed E-state index contributed by atoms with van der Waals surface area (Å²) in [7, 11) is 3.28. The van der Waals surface area contributed by atoms with Crippen LogP contribution in [0.15, 0.2) is 116 Å². The molecule has 0 aliphatic heterocycles. The van der Waals surface area contributed by atoms with Crippen molar-refractivity contribution in [2.75, 3.05) is 20.8 Å². The van der Waals surface area contributed by atoms with Crippen LogP contribution in [0.2, 0.25) is 0 Å². The number of methoxy groups -OCH3 is 2. The third-order valence-corrected chi connectivity index (χ3v) is 7.38. The van der Waals surface area contributed by atoms with E-state index in [0.29, 0.717) is 22.6 Å². The molecule has 6 rings (SSSR count). The van der Waals surface area contributed by atoms with Crippen molar-refractivity contribution in [1.82, 2.24) is 24.5 Å². The fourth-order valence-electron chi connectivity index (χ4n) is 5.28. The van der Waals surface area contributed by atoms with Crippen LogP contribution in [0.1, 0.15) is 16.7 Å². The van der Waals surface area contributed by atoms with Gasteiger partial charge in [0, 0.05) is 6.20 Å². The first-order chi connectivity index (χ1) is 21.1. The van der Waals surface area contributed by atoms with E-state index in [1.807, 2.05) is 102 Å². The monoisotopic (exact) mass is 573 g/mol. The van der Waals surface area contributed by atoms with E-state index in [9.17, 15) is 5.11 Å². The van der Waals surface area contributed by atoms with Gasteiger partial charge in [0.05, 0.1) is 45.5 Å². The average molecular weight is 574 g/mol. The zero-order chi connectivity index (χ0) is 29.6. The molecule has 1 N–H and O–H groups in total. The molecule has 0 amide bonds. The highest BCUT2D eigenvalue weighted by Gasteiger charge is 2.38. The summed E-state index contributed by atoms with van der Waals surface area (Å²) >= 11 is 0. The number of pyridine rings is 1. The second-order valence-corrected chi connectivity index (χ2v) is 9.98. The summed E-state index contributed by atoms with van der Waals surface area (Å²) in [5, 5.41) is 11.4. The topological polar surface area (TPSA) is 104 Å². The molecule has 6 aromatic rings. The zero-order valence-corrected chi connectivity index (χ0v) is 23.9. The summed E-state index contributed by atoms with van der Waals surface area (Å²) in [4.78, 5) is 17.8. The molecule has 9 nitrogen and oxygen atoms in total. The van der Waals surface area contributed by atoms with Crippen molar-refractivity contribution < 1.29 is 19.3 Å². The van der Waals surface area contributed by atoms with Crippen molar-refractivity contribution in [3.05, 3.63) is 133 Å². The van der Waals surface area contributed by atoms with Crippen LogP contribution in [-0.4, -0.2) is 56.5 Å². The van der Waals surface area contributed by atoms with Crippen molar-refractivity contribution in [1.29, 1.82) is 0 Å². The fraction of sp³-hybridized carbons (Fsp3) is 0.176. The molecule has 0 unspecified atom stereocenters. The van der Waals surface area contributed by atoms with Crippen LogP contribution >= 0.6 is 0 Å². The second kappa shape index (κ2) is 12.4. The molecule has 0 saturated heterocycles. The largest absolute Gasteiger partial charge is 0.497 e. The number of hydrogen-bond donors (Lipinski definition) is 1. The molecule has 0 bridgehead atoms. The quantitative estimate of drug-likeness (QED) is 0.209. The van der Waals surface area contributed by atoms with Crippen LogP contribution in [-0.2, 0) is 16.9 Å². The summed E-state index contributed by atoms with van der Waals surface area (Å²) in [6, 6.07) is 31.2. The number of benzene rings is 3. The van der Waals surface area contributed by atoms with Gasteiger partial charge in [0.25, 0.3) is 0 Å². The van der Waals surface area contributed by atoms with Gasteiger partial charge in [0.15, 0.2) is 5.65 Å². The van der Waals surface area contributed by atoms with Gasteiger partial charge in [-0.2, -0.15) is 0 Å². The van der Waals surface area contributed by atoms with Gasteiger partial charge in [-0.25, -0.2) is 15.0 Å². The molecule has 1 atom stereocenters. The number of rotatable bonds is 11. The van der Waals surface area contributed by atoms with Gasteiger partial charge >= 0.3 is 0 Å². The number of aliphatic hydroxyl groups excluding tert-OH is 1. The molecule has 0 radical (unpaired) electrons. The molecule has 0 aliphatic carbocycles. The molecule has 0 aliphatic rings. The molecule has 0 fully saturated rings. The normalized spacial score (nSPS) is 12.3. The summed E-state index contributed by atoms with van der Waals surface area (Å²) < 4.78 is 19.5. The van der Waals surface area contributed by atoms with Gasteiger partial charge in [0.2, 0.25) is 0 Å². The van der Waals surface area contributed by atoms with Crippen LogP contribution in [0.3, 0.4) is 0 Å². The lowest BCUT2D eigenvalue weighted by Gasteiger charge is -2.36. The predicted octanol–water partition coefficient (Wildman–Crippen LogP) is 5.28. The van der Waals surface area contributed by atoms with Gasteiger partial charge in [-0.3, -0.25) is 4.98 Å². The Hall–Kier alpha value is -5.12. The van der Waals surface area contributed by atoms with Crippen molar-refractivity contribution >= 4 is 11.2 Å². The van der Waals surface area contributed by atoms with E-state index in [1.165, 1.54) is 6.33 Å². The molecule has 3 aromatic carbocycles. The number of imidazole rings is 1. The number of ether oxygens (including phenoxy) is 3. The Labute approximate surface area is 249 Å². The first kappa shape index (κ1) is 28.0. The SMILES string of the molecule is COc1ccc(C(OC[C@@H](O)Cn2cnc3c(-c4ccccn4)ncnc32)(c2ccccc2)c2ccc(OC)cc2)cc1. The smallest absolute Gasteiger partial charge is 0.163 e. The van der Waals surface area contributed by atoms with Gasteiger partial charge < -0.3 is 23.9 Å². The minimum Gasteiger partial charge on any atom is -0.497 e. The molecule has 43 heavy (non-hydrogen) atoms. The fourth-order valence-corrected chi connectivity index (χ4v) is 5.28. The van der Waals surface area contributed by atoms with Gasteiger partial charge in [-0.1, -0.05) is 60.7 Å². The van der Waals surface area contributed by atoms with Crippen LogP contribution in [0, 0.1) is 0 Å². The number of aromatic nitrogens is 5. The average Bonchev–Trinajstić information content (AvgIpc) is 3.49. The Morgan fingerprint density at radius 2 is 1.35 bits per heavy atom. The first-order valence-corrected chi connectivity index (χ1v) is 13.9. The highest BCUT2D eigenvalue weighted by Crippen LogP contribution is 2.41. The highest BCUT2D eigenvalue weighted by atomic mass is 16.5. The Kier molecular flexibility index (Phi) is 8.08. The van der Waals surface area contributed by atoms with E-state index in [0.717, 1.165) is 28.2 Å². The summed E-state index contributed by atoms with van der Waals surface area (Å²) in [6.45, 7) is 0.232. The molecule has 0 saturated carbocycles. The lowest BCUT2D eigenvalue weighted by atomic mass is 9.80. The standard InChI is InChI=1S/C34H31N5O4/c1-41-28-15-11-25(12-16-28)34(24-8-4-3-5-9-24,26-13-17-29(42-2)18-14-26)43-21-27(40)20-39-23-38-32-31(36-22-37-33(32)39)30-10-6-7-19-35-30/h3-19,22-23,27,40H,20-21H2,1-2H3/t27-/m0/s1. The number of fused-ring (bicyclic) bond motifs is 1. The summed E-state index contributed by atoms with van der Waals surface area (Å²) in [5.74, 6) is 1.47.